The monoisotopic (exact) mass is 1040 g/mol. The lowest BCUT2D eigenvalue weighted by atomic mass is 10.1. The molecule has 0 bridgehead atoms. The minimum Gasteiger partial charge on any atom is -0.462 e. The maximum atomic E-state index is 12.8. The highest BCUT2D eigenvalue weighted by molar-refractivity contribution is 7.61. The molecule has 404 valence electrons. The molecular weight excluding hydrogens is 961 g/mol. The molecule has 1 aromatic rings. The molecule has 19 nitrogen and oxygen atoms in total. The first-order chi connectivity index (χ1) is 34.1. The number of anilines is 1. The molecule has 0 spiro atoms. The molecule has 0 radical (unpaired) electrons. The van der Waals surface area contributed by atoms with Gasteiger partial charge in [0.25, 0.3) is 0 Å². The number of carbonyl (C=O) groups is 2. The van der Waals surface area contributed by atoms with Crippen LogP contribution in [-0.4, -0.2) is 96.9 Å². The van der Waals surface area contributed by atoms with E-state index in [0.717, 1.165) is 75.0 Å². The number of aliphatic hydroxyl groups excluding tert-OH is 3. The van der Waals surface area contributed by atoms with Crippen LogP contribution >= 0.6 is 15.6 Å². The Balaban J connectivity index is 1.84. The Hall–Kier alpha value is -3.58. The van der Waals surface area contributed by atoms with Crippen LogP contribution in [0.1, 0.15) is 168 Å². The van der Waals surface area contributed by atoms with Crippen LogP contribution in [0, 0.1) is 0 Å². The Morgan fingerprint density at radius 3 is 1.92 bits per heavy atom. The Morgan fingerprint density at radius 1 is 0.732 bits per heavy atom. The highest BCUT2D eigenvalue weighted by atomic mass is 31.3. The maximum Gasteiger partial charge on any atom is 0.481 e. The molecular formula is C50H83N3O16P2. The second-order valence-electron chi connectivity index (χ2n) is 17.5. The minimum atomic E-state index is -5.45. The lowest BCUT2D eigenvalue weighted by Crippen LogP contribution is -2.36. The predicted octanol–water partition coefficient (Wildman–Crippen LogP) is 9.30. The largest absolute Gasteiger partial charge is 0.481 e. The molecule has 7 N–H and O–H groups in total. The number of nitrogens with two attached hydrogens (primary N) is 1. The second-order valence-corrected chi connectivity index (χ2v) is 20.5. The van der Waals surface area contributed by atoms with Crippen LogP contribution in [0.2, 0.25) is 0 Å². The first kappa shape index (κ1) is 63.5. The molecule has 1 fully saturated rings. The Morgan fingerprint density at radius 2 is 1.28 bits per heavy atom. The fourth-order valence-corrected chi connectivity index (χ4v) is 9.31. The molecule has 2 heterocycles. The van der Waals surface area contributed by atoms with Gasteiger partial charge < -0.3 is 45.1 Å². The summed E-state index contributed by atoms with van der Waals surface area (Å²) in [6, 6.07) is 1.24. The van der Waals surface area contributed by atoms with Crippen molar-refractivity contribution in [2.75, 3.05) is 25.6 Å². The normalized spacial score (nSPS) is 20.1. The van der Waals surface area contributed by atoms with Gasteiger partial charge in [0.2, 0.25) is 0 Å². The molecule has 1 aliphatic rings. The molecule has 21 heteroatoms. The van der Waals surface area contributed by atoms with Gasteiger partial charge in [0, 0.05) is 19.0 Å². The number of rotatable bonds is 41. The summed E-state index contributed by atoms with van der Waals surface area (Å²) in [7, 11) is -10.9. The van der Waals surface area contributed by atoms with Crippen molar-refractivity contribution in [2.45, 2.75) is 198 Å². The number of aromatic nitrogens is 2. The van der Waals surface area contributed by atoms with E-state index in [1.54, 1.807) is 0 Å². The third kappa shape index (κ3) is 30.9. The van der Waals surface area contributed by atoms with Crippen molar-refractivity contribution in [3.63, 3.8) is 0 Å². The summed E-state index contributed by atoms with van der Waals surface area (Å²) in [5, 5.41) is 30.7. The number of nitrogens with zero attached hydrogens (tertiary/aromatic N) is 2. The first-order valence-corrected chi connectivity index (χ1v) is 28.4. The van der Waals surface area contributed by atoms with Crippen molar-refractivity contribution in [1.82, 2.24) is 9.55 Å². The summed E-state index contributed by atoms with van der Waals surface area (Å²) < 4.78 is 56.7. The summed E-state index contributed by atoms with van der Waals surface area (Å²) in [6.45, 7) is 1.88. The zero-order chi connectivity index (χ0) is 52.2. The van der Waals surface area contributed by atoms with Gasteiger partial charge in [-0.2, -0.15) is 9.29 Å². The van der Waals surface area contributed by atoms with Crippen molar-refractivity contribution in [1.29, 1.82) is 0 Å². The smallest absolute Gasteiger partial charge is 0.462 e. The van der Waals surface area contributed by atoms with Gasteiger partial charge >= 0.3 is 33.3 Å². The molecule has 3 unspecified atom stereocenters. The van der Waals surface area contributed by atoms with E-state index in [2.05, 4.69) is 40.5 Å². The second kappa shape index (κ2) is 38.1. The van der Waals surface area contributed by atoms with E-state index >= 15 is 0 Å². The van der Waals surface area contributed by atoms with Gasteiger partial charge in [0.15, 0.2) is 12.3 Å². The van der Waals surface area contributed by atoms with Gasteiger partial charge in [-0.15, -0.1) is 0 Å². The topological polar surface area (TPSA) is 286 Å². The fourth-order valence-electron chi connectivity index (χ4n) is 7.20. The van der Waals surface area contributed by atoms with Gasteiger partial charge in [-0.1, -0.05) is 132 Å². The number of aliphatic hydroxyl groups is 3. The summed E-state index contributed by atoms with van der Waals surface area (Å²) in [4.78, 5) is 61.9. The number of hydrogen-bond donors (Lipinski definition) is 6. The van der Waals surface area contributed by atoms with E-state index in [0.29, 0.717) is 32.1 Å². The van der Waals surface area contributed by atoms with Crippen LogP contribution in [0.15, 0.2) is 77.8 Å². The number of phosphoric ester groups is 2. The highest BCUT2D eigenvalue weighted by Crippen LogP contribution is 2.60. The molecule has 0 saturated carbocycles. The Bertz CT molecular complexity index is 1940. The van der Waals surface area contributed by atoms with Crippen LogP contribution in [0.3, 0.4) is 0 Å². The third-order valence-electron chi connectivity index (χ3n) is 11.1. The molecule has 8 atom stereocenters. The quantitative estimate of drug-likeness (QED) is 0.0154. The molecule has 0 aromatic carbocycles. The van der Waals surface area contributed by atoms with Crippen molar-refractivity contribution >= 4 is 33.4 Å². The fraction of sp³-hybridized carbons (Fsp3) is 0.680. The Labute approximate surface area is 420 Å². The van der Waals surface area contributed by atoms with Gasteiger partial charge in [-0.25, -0.2) is 13.9 Å². The average molecular weight is 1040 g/mol. The highest BCUT2D eigenvalue weighted by Gasteiger charge is 2.46. The predicted molar refractivity (Wildman–Crippen MR) is 272 cm³/mol. The van der Waals surface area contributed by atoms with Gasteiger partial charge in [-0.3, -0.25) is 23.2 Å². The van der Waals surface area contributed by atoms with Crippen LogP contribution in [0.5, 0.6) is 0 Å². The maximum absolute atomic E-state index is 12.8. The number of allylic oxidation sites excluding steroid dienone is 9. The van der Waals surface area contributed by atoms with E-state index in [1.165, 1.54) is 44.6 Å². The van der Waals surface area contributed by atoms with Crippen LogP contribution in [0.25, 0.3) is 0 Å². The van der Waals surface area contributed by atoms with Crippen LogP contribution in [0.4, 0.5) is 5.82 Å². The number of nitrogen functional groups attached to an aromatic ring is 1. The molecule has 1 aromatic heterocycles. The summed E-state index contributed by atoms with van der Waals surface area (Å²) in [5.41, 5.74) is 4.58. The lowest BCUT2D eigenvalue weighted by Gasteiger charge is -2.21. The minimum absolute atomic E-state index is 0.0442. The van der Waals surface area contributed by atoms with Gasteiger partial charge in [-0.05, 0) is 83.1 Å². The number of hydrogen-bond acceptors (Lipinski definition) is 16. The molecule has 1 saturated heterocycles. The Kier molecular flexibility index (Phi) is 34.1. The zero-order valence-corrected chi connectivity index (χ0v) is 43.7. The lowest BCUT2D eigenvalue weighted by molar-refractivity contribution is -0.161. The molecule has 2 rings (SSSR count). The summed E-state index contributed by atoms with van der Waals surface area (Å²) in [6.07, 6.45) is 33.7. The number of ether oxygens (including phenoxy) is 3. The van der Waals surface area contributed by atoms with Crippen molar-refractivity contribution in [2.24, 2.45) is 0 Å². The molecule has 1 aliphatic heterocycles. The van der Waals surface area contributed by atoms with E-state index in [4.69, 9.17) is 29.0 Å². The third-order valence-corrected chi connectivity index (χ3v) is 13.7. The number of carbonyl (C=O) groups excluding carboxylic acids is 2. The first-order valence-electron chi connectivity index (χ1n) is 25.4. The summed E-state index contributed by atoms with van der Waals surface area (Å²) >= 11 is 0. The van der Waals surface area contributed by atoms with Crippen LogP contribution < -0.4 is 11.4 Å². The van der Waals surface area contributed by atoms with Crippen LogP contribution in [-0.2, 0) is 46.3 Å². The summed E-state index contributed by atoms with van der Waals surface area (Å²) in [5.74, 6) is -1.40. The molecule has 71 heavy (non-hydrogen) atoms. The SMILES string of the molecule is CCCCCCCC/C=C\CCCCCCCC(=O)OC[C@H](COP(=O)(O)OP(=O)(O)OC[C@H]1O[C@@H](n2ccc(N)nc2=O)[C@H](O)[C@@H]1O)OC(=O)CCC/C=C\C/C=C\C/C=C\C/C=C\CC(O)CCC. The van der Waals surface area contributed by atoms with Gasteiger partial charge in [0.1, 0.15) is 30.7 Å². The number of esters is 2. The van der Waals surface area contributed by atoms with Crippen molar-refractivity contribution in [3.05, 3.63) is 83.5 Å². The standard InChI is InChI=1S/C50H83N3O16P2/c1-3-5-6-7-8-9-10-11-12-15-18-21-24-27-30-34-45(55)64-38-42(67-46(56)35-31-28-25-22-19-16-13-14-17-20-23-26-29-33-41(54)32-4-2)39-65-70(60,61)69-71(62,63)66-40-43-47(57)48(58)49(68-43)53-37-36-44(51)52-50(53)59/h11-13,16-17,20,22,25-26,29,36-37,41-43,47-49,54,57-58H,3-10,14-15,18-19,21,23-24,27-28,30-35,38-40H2,1-2H3,(H,60,61)(H,62,63)(H2,51,52,59)/b12-11-,16-13-,20-17-,25-22-,29-26-/t41?,42-,43-,47-,48-,49-/m1/s1. The molecule has 0 amide bonds. The van der Waals surface area contributed by atoms with Gasteiger partial charge in [0.05, 0.1) is 19.3 Å². The average Bonchev–Trinajstić information content (AvgIpc) is 3.60. The van der Waals surface area contributed by atoms with E-state index in [9.17, 15) is 48.6 Å². The zero-order valence-electron chi connectivity index (χ0n) is 41.9. The van der Waals surface area contributed by atoms with Crippen molar-refractivity contribution < 1.29 is 71.4 Å². The van der Waals surface area contributed by atoms with Crippen molar-refractivity contribution in [3.8, 4) is 0 Å². The van der Waals surface area contributed by atoms with E-state index in [-0.39, 0.29) is 24.8 Å². The number of unbranched alkanes of at least 4 members (excludes halogenated alkanes) is 12. The molecule has 0 aliphatic carbocycles. The number of phosphoric acid groups is 2. The van der Waals surface area contributed by atoms with E-state index < -0.39 is 83.7 Å². The van der Waals surface area contributed by atoms with E-state index in [1.807, 2.05) is 43.4 Å².